The van der Waals surface area contributed by atoms with Crippen molar-refractivity contribution in [2.45, 2.75) is 64.3 Å². The summed E-state index contributed by atoms with van der Waals surface area (Å²) in [6.45, 7) is 1.83. The number of benzene rings is 1. The molecule has 1 aliphatic heterocycles. The summed E-state index contributed by atoms with van der Waals surface area (Å²) in [5.41, 5.74) is 3.22. The predicted molar refractivity (Wildman–Crippen MR) is 109 cm³/mol. The van der Waals surface area contributed by atoms with Gasteiger partial charge < -0.3 is 19.7 Å². The van der Waals surface area contributed by atoms with Crippen LogP contribution in [0.5, 0.6) is 0 Å². The van der Waals surface area contributed by atoms with E-state index in [9.17, 15) is 5.21 Å². The van der Waals surface area contributed by atoms with E-state index in [1.807, 2.05) is 6.92 Å². The first-order valence-corrected chi connectivity index (χ1v) is 10.2. The van der Waals surface area contributed by atoms with Gasteiger partial charge in [-0.05, 0) is 50.5 Å². The molecular formula is C23H32NO3-. The molecule has 0 amide bonds. The zero-order valence-electron chi connectivity index (χ0n) is 16.9. The summed E-state index contributed by atoms with van der Waals surface area (Å²) in [6, 6.07) is 10.6. The van der Waals surface area contributed by atoms with Crippen LogP contribution in [0.3, 0.4) is 0 Å². The summed E-state index contributed by atoms with van der Waals surface area (Å²) in [4.78, 5) is 0. The van der Waals surface area contributed by atoms with Crippen molar-refractivity contribution in [2.24, 2.45) is 5.92 Å². The van der Waals surface area contributed by atoms with Gasteiger partial charge in [-0.25, -0.2) is 0 Å². The summed E-state index contributed by atoms with van der Waals surface area (Å²) in [5, 5.41) is 13.9. The highest BCUT2D eigenvalue weighted by molar-refractivity contribution is 5.40. The maximum atomic E-state index is 12.8. The number of aryl methyl sites for hydroxylation is 1. The van der Waals surface area contributed by atoms with Crippen molar-refractivity contribution in [1.29, 1.82) is 0 Å². The van der Waals surface area contributed by atoms with Gasteiger partial charge in [0.15, 0.2) is 11.5 Å². The smallest absolute Gasteiger partial charge is 0.178 e. The molecule has 0 N–H and O–H groups in total. The Morgan fingerprint density at radius 1 is 1.00 bits per heavy atom. The molecule has 0 radical (unpaired) electrons. The van der Waals surface area contributed by atoms with Gasteiger partial charge in [0.2, 0.25) is 0 Å². The first kappa shape index (κ1) is 19.8. The largest absolute Gasteiger partial charge is 0.758 e. The van der Waals surface area contributed by atoms with Crippen LogP contribution in [-0.2, 0) is 15.9 Å². The van der Waals surface area contributed by atoms with Gasteiger partial charge in [-0.15, -0.1) is 0 Å². The van der Waals surface area contributed by atoms with E-state index in [4.69, 9.17) is 9.47 Å². The van der Waals surface area contributed by atoms with Gasteiger partial charge in [0.1, 0.15) is 0 Å². The first-order chi connectivity index (χ1) is 13.2. The minimum atomic E-state index is -0.0816. The molecule has 1 aromatic carbocycles. The van der Waals surface area contributed by atoms with Gasteiger partial charge in [-0.3, -0.25) is 0 Å². The zero-order valence-corrected chi connectivity index (χ0v) is 16.9. The molecule has 1 fully saturated rings. The van der Waals surface area contributed by atoms with Crippen molar-refractivity contribution in [3.05, 3.63) is 63.9 Å². The normalized spacial score (nSPS) is 22.7. The number of methoxy groups -OCH3 is 2. The minimum Gasteiger partial charge on any atom is -0.758 e. The maximum Gasteiger partial charge on any atom is 0.178 e. The molecule has 1 saturated carbocycles. The number of nitrogens with zero attached hydrogens (tertiary/aromatic N) is 1. The molecule has 148 valence electrons. The molecule has 3 rings (SSSR count). The second-order valence-electron chi connectivity index (χ2n) is 7.66. The van der Waals surface area contributed by atoms with Crippen LogP contribution in [0.4, 0.5) is 0 Å². The van der Waals surface area contributed by atoms with Crippen molar-refractivity contribution in [2.75, 3.05) is 14.2 Å². The highest BCUT2D eigenvalue weighted by Gasteiger charge is 2.37. The number of hydrogen-bond donors (Lipinski definition) is 0. The highest BCUT2D eigenvalue weighted by Crippen LogP contribution is 2.44. The quantitative estimate of drug-likeness (QED) is 0.563. The Hall–Kier alpha value is -1.94. The Labute approximate surface area is 163 Å². The number of ether oxygens (including phenoxy) is 2. The lowest BCUT2D eigenvalue weighted by Crippen LogP contribution is -2.41. The third kappa shape index (κ3) is 4.32. The Bertz CT molecular complexity index is 680. The van der Waals surface area contributed by atoms with Gasteiger partial charge in [0.25, 0.3) is 0 Å². The summed E-state index contributed by atoms with van der Waals surface area (Å²) in [5.74, 6) is 1.83. The van der Waals surface area contributed by atoms with Crippen LogP contribution in [0.15, 0.2) is 53.1 Å². The lowest BCUT2D eigenvalue weighted by atomic mass is 9.75. The molecule has 0 spiro atoms. The van der Waals surface area contributed by atoms with Crippen molar-refractivity contribution in [3.8, 4) is 0 Å². The van der Waals surface area contributed by atoms with Crippen molar-refractivity contribution < 1.29 is 9.47 Å². The number of allylic oxidation sites excluding steroid dienone is 1. The zero-order chi connectivity index (χ0) is 19.2. The van der Waals surface area contributed by atoms with Crippen LogP contribution in [0.2, 0.25) is 0 Å². The second-order valence-corrected chi connectivity index (χ2v) is 7.66. The fourth-order valence-corrected chi connectivity index (χ4v) is 4.64. The molecule has 0 bridgehead atoms. The van der Waals surface area contributed by atoms with E-state index in [0.717, 1.165) is 42.9 Å². The topological polar surface area (TPSA) is 44.8 Å². The van der Waals surface area contributed by atoms with E-state index in [0.29, 0.717) is 17.4 Å². The molecule has 2 aliphatic rings. The van der Waals surface area contributed by atoms with E-state index in [1.165, 1.54) is 30.4 Å². The Kier molecular flexibility index (Phi) is 6.84. The number of hydrogen-bond acceptors (Lipinski definition) is 4. The van der Waals surface area contributed by atoms with Crippen molar-refractivity contribution >= 4 is 0 Å². The molecule has 4 heteroatoms. The van der Waals surface area contributed by atoms with E-state index < -0.39 is 0 Å². The van der Waals surface area contributed by atoms with Gasteiger partial charge in [0, 0.05) is 17.3 Å². The van der Waals surface area contributed by atoms with Gasteiger partial charge >= 0.3 is 0 Å². The standard InChI is InChI=1S/C23H32NO3/c1-17-22(26-2)23(27-3)21-19(15-10-16-20(21)24(17)25)14-9-5-8-13-18-11-6-4-7-12-18/h4,6-7,11-12,19-20H,5,8-10,13-16H2,1-3H3/q-1. The average Bonchev–Trinajstić information content (AvgIpc) is 2.71. The van der Waals surface area contributed by atoms with E-state index >= 15 is 0 Å². The van der Waals surface area contributed by atoms with Crippen LogP contribution >= 0.6 is 0 Å². The molecule has 1 heterocycles. The Balaban J connectivity index is 1.63. The van der Waals surface area contributed by atoms with Gasteiger partial charge in [-0.1, -0.05) is 49.6 Å². The molecule has 27 heavy (non-hydrogen) atoms. The Morgan fingerprint density at radius 2 is 1.74 bits per heavy atom. The minimum absolute atomic E-state index is 0.0816. The third-order valence-electron chi connectivity index (χ3n) is 6.01. The number of hydroxylamine groups is 2. The molecule has 1 aliphatic carbocycles. The molecule has 1 aromatic rings. The monoisotopic (exact) mass is 370 g/mol. The molecule has 0 aromatic heterocycles. The van der Waals surface area contributed by atoms with Crippen LogP contribution < -0.4 is 0 Å². The summed E-state index contributed by atoms with van der Waals surface area (Å²) < 4.78 is 11.3. The van der Waals surface area contributed by atoms with Crippen LogP contribution in [0.25, 0.3) is 0 Å². The fourth-order valence-electron chi connectivity index (χ4n) is 4.64. The fraction of sp³-hybridized carbons (Fsp3) is 0.565. The molecule has 0 saturated heterocycles. The van der Waals surface area contributed by atoms with E-state index in [2.05, 4.69) is 30.3 Å². The van der Waals surface area contributed by atoms with Crippen LogP contribution in [0.1, 0.15) is 57.4 Å². The average molecular weight is 371 g/mol. The molecular weight excluding hydrogens is 338 g/mol. The summed E-state index contributed by atoms with van der Waals surface area (Å²) in [7, 11) is 3.31. The van der Waals surface area contributed by atoms with E-state index in [-0.39, 0.29) is 6.04 Å². The van der Waals surface area contributed by atoms with Crippen molar-refractivity contribution in [3.63, 3.8) is 0 Å². The number of unbranched alkanes of at least 4 members (excludes halogenated alkanes) is 2. The van der Waals surface area contributed by atoms with Gasteiger partial charge in [-0.2, -0.15) is 0 Å². The second kappa shape index (κ2) is 9.32. The lowest BCUT2D eigenvalue weighted by Gasteiger charge is -2.49. The first-order valence-electron chi connectivity index (χ1n) is 10.2. The molecule has 4 nitrogen and oxygen atoms in total. The molecule has 2 atom stereocenters. The SMILES string of the molecule is COC1=C2C(CCCCCc3ccccc3)CCCC2N([O-])C(C)=C1OC. The summed E-state index contributed by atoms with van der Waals surface area (Å²) >= 11 is 0. The maximum absolute atomic E-state index is 12.8. The van der Waals surface area contributed by atoms with Crippen LogP contribution in [-0.4, -0.2) is 25.3 Å². The van der Waals surface area contributed by atoms with Crippen molar-refractivity contribution in [1.82, 2.24) is 5.06 Å². The molecule has 2 unspecified atom stereocenters. The third-order valence-corrected chi connectivity index (χ3v) is 6.01. The highest BCUT2D eigenvalue weighted by atomic mass is 16.5. The lowest BCUT2D eigenvalue weighted by molar-refractivity contribution is 0.162. The predicted octanol–water partition coefficient (Wildman–Crippen LogP) is 5.55. The Morgan fingerprint density at radius 3 is 2.44 bits per heavy atom. The number of rotatable bonds is 8. The van der Waals surface area contributed by atoms with E-state index in [1.54, 1.807) is 14.2 Å². The number of fused-ring (bicyclic) bond motifs is 1. The van der Waals surface area contributed by atoms with Gasteiger partial charge in [0.05, 0.1) is 14.2 Å². The summed E-state index contributed by atoms with van der Waals surface area (Å²) in [6.07, 6.45) is 9.04. The van der Waals surface area contributed by atoms with Crippen LogP contribution in [0, 0.1) is 11.1 Å².